The van der Waals surface area contributed by atoms with Crippen molar-refractivity contribution in [1.29, 1.82) is 0 Å². The second kappa shape index (κ2) is 22.6. The second-order valence-corrected chi connectivity index (χ2v) is 4.64. The third-order valence-electron chi connectivity index (χ3n) is 2.74. The molecule has 0 saturated carbocycles. The van der Waals surface area contributed by atoms with Crippen molar-refractivity contribution >= 4 is 5.97 Å². The monoisotopic (exact) mass is 277 g/mol. The van der Waals surface area contributed by atoms with Crippen molar-refractivity contribution in [1.82, 2.24) is 6.15 Å². The molecule has 0 aromatic rings. The van der Waals surface area contributed by atoms with Gasteiger partial charge in [-0.25, -0.2) is 0 Å². The first kappa shape index (κ1) is 23.5. The average molecular weight is 277 g/mol. The van der Waals surface area contributed by atoms with Gasteiger partial charge in [-0.15, -0.1) is 0 Å². The minimum absolute atomic E-state index is 0. The molecule has 0 bridgehead atoms. The quantitative estimate of drug-likeness (QED) is 0.483. The van der Waals surface area contributed by atoms with Gasteiger partial charge in [0.2, 0.25) is 0 Å². The predicted octanol–water partition coefficient (Wildman–Crippen LogP) is 4.54. The molecule has 0 amide bonds. The maximum atomic E-state index is 10.2. The molecule has 0 aromatic carbocycles. The summed E-state index contributed by atoms with van der Waals surface area (Å²) in [4.78, 5) is 10.2. The first-order valence-electron chi connectivity index (χ1n) is 7.51. The Bertz CT molecular complexity index is 163. The fourth-order valence-electron chi connectivity index (χ4n) is 1.76. The molecular weight excluding hydrogens is 242 g/mol. The normalized spacial score (nSPS) is 9.21. The van der Waals surface area contributed by atoms with Gasteiger partial charge in [-0.1, -0.05) is 64.7 Å². The molecule has 118 valence electrons. The van der Waals surface area contributed by atoms with Crippen LogP contribution in [0.25, 0.3) is 0 Å². The van der Waals surface area contributed by atoms with E-state index in [-0.39, 0.29) is 12.8 Å². The van der Waals surface area contributed by atoms with Gasteiger partial charge in [0.05, 0.1) is 0 Å². The lowest BCUT2D eigenvalue weighted by Crippen LogP contribution is -1.93. The molecule has 0 atom stereocenters. The lowest BCUT2D eigenvalue weighted by molar-refractivity contribution is -0.137. The van der Waals surface area contributed by atoms with Crippen LogP contribution in [0.3, 0.4) is 0 Å². The van der Waals surface area contributed by atoms with Crippen LogP contribution in [0.1, 0.15) is 84.5 Å². The molecule has 0 aliphatic heterocycles. The van der Waals surface area contributed by atoms with Crippen molar-refractivity contribution < 1.29 is 15.0 Å². The average Bonchev–Trinajstić information content (AvgIpc) is 2.32. The largest absolute Gasteiger partial charge is 0.481 e. The first-order valence-corrected chi connectivity index (χ1v) is 7.51. The van der Waals surface area contributed by atoms with Crippen LogP contribution in [0.5, 0.6) is 0 Å². The van der Waals surface area contributed by atoms with Crippen molar-refractivity contribution in [3.8, 4) is 0 Å². The number of hydrogen-bond donors (Lipinski definition) is 3. The van der Waals surface area contributed by atoms with Crippen LogP contribution in [0.2, 0.25) is 0 Å². The molecule has 4 nitrogen and oxygen atoms in total. The van der Waals surface area contributed by atoms with E-state index in [9.17, 15) is 4.79 Å². The van der Waals surface area contributed by atoms with E-state index in [1.54, 1.807) is 6.92 Å². The number of aliphatic hydroxyl groups is 1. The molecule has 0 radical (unpaired) electrons. The van der Waals surface area contributed by atoms with Crippen LogP contribution in [0, 0.1) is 0 Å². The molecule has 19 heavy (non-hydrogen) atoms. The maximum Gasteiger partial charge on any atom is 0.303 e. The standard InChI is InChI=1S/C13H26O2.C2H6O.H3N/c1-2-3-4-5-6-7-8-9-10-11-12-13(14)15;1-2-3;/h2-12H2,1H3,(H,14,15);3H,2H2,1H3;1H3. The van der Waals surface area contributed by atoms with Crippen LogP contribution in [-0.4, -0.2) is 22.8 Å². The molecule has 5 N–H and O–H groups in total. The summed E-state index contributed by atoms with van der Waals surface area (Å²) in [7, 11) is 0. The number of unbranched alkanes of at least 4 members (excludes halogenated alkanes) is 9. The highest BCUT2D eigenvalue weighted by atomic mass is 16.4. The predicted molar refractivity (Wildman–Crippen MR) is 81.9 cm³/mol. The fraction of sp³-hybridized carbons (Fsp3) is 0.933. The van der Waals surface area contributed by atoms with E-state index in [2.05, 4.69) is 6.92 Å². The third kappa shape index (κ3) is 31.7. The number of carboxylic acids is 1. The van der Waals surface area contributed by atoms with Crippen LogP contribution < -0.4 is 6.15 Å². The highest BCUT2D eigenvalue weighted by molar-refractivity contribution is 5.66. The highest BCUT2D eigenvalue weighted by Gasteiger charge is 1.96. The third-order valence-corrected chi connectivity index (χ3v) is 2.74. The Balaban J connectivity index is -0.000000580. The summed E-state index contributed by atoms with van der Waals surface area (Å²) in [6, 6.07) is 0. The summed E-state index contributed by atoms with van der Waals surface area (Å²) < 4.78 is 0. The Morgan fingerprint density at radius 3 is 1.42 bits per heavy atom. The van der Waals surface area contributed by atoms with Crippen molar-refractivity contribution in [3.63, 3.8) is 0 Å². The fourth-order valence-corrected chi connectivity index (χ4v) is 1.76. The minimum Gasteiger partial charge on any atom is -0.481 e. The Kier molecular flexibility index (Phi) is 27.9. The summed E-state index contributed by atoms with van der Waals surface area (Å²) in [5, 5.41) is 16.0. The van der Waals surface area contributed by atoms with Crippen molar-refractivity contribution in [2.75, 3.05) is 6.61 Å². The van der Waals surface area contributed by atoms with Gasteiger partial charge in [0, 0.05) is 13.0 Å². The van der Waals surface area contributed by atoms with Crippen molar-refractivity contribution in [2.24, 2.45) is 0 Å². The van der Waals surface area contributed by atoms with Crippen molar-refractivity contribution in [2.45, 2.75) is 84.5 Å². The van der Waals surface area contributed by atoms with Gasteiger partial charge in [0.25, 0.3) is 0 Å². The SMILES string of the molecule is CCCCCCCCCCCCC(=O)O.CCO.N. The molecule has 0 heterocycles. The molecule has 0 aromatic heterocycles. The van der Waals surface area contributed by atoms with Crippen LogP contribution in [0.15, 0.2) is 0 Å². The lowest BCUT2D eigenvalue weighted by Gasteiger charge is -2.01. The molecular formula is C15H35NO3. The topological polar surface area (TPSA) is 92.5 Å². The number of hydrogen-bond acceptors (Lipinski definition) is 3. The zero-order valence-corrected chi connectivity index (χ0v) is 13.0. The highest BCUT2D eigenvalue weighted by Crippen LogP contribution is 2.10. The Labute approximate surface area is 119 Å². The van der Waals surface area contributed by atoms with E-state index in [1.807, 2.05) is 0 Å². The number of carbonyl (C=O) groups is 1. The summed E-state index contributed by atoms with van der Waals surface area (Å²) in [6.45, 7) is 4.17. The summed E-state index contributed by atoms with van der Waals surface area (Å²) in [5.41, 5.74) is 0. The van der Waals surface area contributed by atoms with E-state index in [0.717, 1.165) is 12.8 Å². The van der Waals surface area contributed by atoms with E-state index in [1.165, 1.54) is 51.4 Å². The Hall–Kier alpha value is -0.610. The smallest absolute Gasteiger partial charge is 0.303 e. The first-order chi connectivity index (χ1) is 8.68. The van der Waals surface area contributed by atoms with Crippen LogP contribution in [-0.2, 0) is 4.79 Å². The van der Waals surface area contributed by atoms with E-state index in [4.69, 9.17) is 10.2 Å². The van der Waals surface area contributed by atoms with Crippen LogP contribution in [0.4, 0.5) is 0 Å². The van der Waals surface area contributed by atoms with Gasteiger partial charge >= 0.3 is 5.97 Å². The Morgan fingerprint density at radius 2 is 1.11 bits per heavy atom. The molecule has 0 saturated heterocycles. The number of aliphatic carboxylic acids is 1. The van der Waals surface area contributed by atoms with Crippen molar-refractivity contribution in [3.05, 3.63) is 0 Å². The second-order valence-electron chi connectivity index (χ2n) is 4.64. The van der Waals surface area contributed by atoms with Gasteiger partial charge in [0.1, 0.15) is 0 Å². The minimum atomic E-state index is -0.658. The van der Waals surface area contributed by atoms with E-state index >= 15 is 0 Å². The van der Waals surface area contributed by atoms with E-state index < -0.39 is 5.97 Å². The van der Waals surface area contributed by atoms with E-state index in [0.29, 0.717) is 6.42 Å². The summed E-state index contributed by atoms with van der Waals surface area (Å²) in [6.07, 6.45) is 12.9. The molecule has 0 spiro atoms. The molecule has 0 aliphatic rings. The zero-order chi connectivity index (χ0) is 14.1. The summed E-state index contributed by atoms with van der Waals surface area (Å²) >= 11 is 0. The van der Waals surface area contributed by atoms with Gasteiger partial charge in [-0.05, 0) is 13.3 Å². The molecule has 4 heteroatoms. The Morgan fingerprint density at radius 1 is 0.789 bits per heavy atom. The number of carboxylic acid groups (broad SMARTS) is 1. The zero-order valence-electron chi connectivity index (χ0n) is 13.0. The molecule has 0 unspecified atom stereocenters. The molecule has 0 aliphatic carbocycles. The van der Waals surface area contributed by atoms with Gasteiger partial charge < -0.3 is 16.4 Å². The summed E-state index contributed by atoms with van der Waals surface area (Å²) in [5.74, 6) is -0.658. The maximum absolute atomic E-state index is 10.2. The molecule has 0 rings (SSSR count). The molecule has 0 fully saturated rings. The number of rotatable bonds is 11. The van der Waals surface area contributed by atoms with Gasteiger partial charge in [-0.2, -0.15) is 0 Å². The van der Waals surface area contributed by atoms with Crippen LogP contribution >= 0.6 is 0 Å². The lowest BCUT2D eigenvalue weighted by atomic mass is 10.1. The van der Waals surface area contributed by atoms with Gasteiger partial charge in [0.15, 0.2) is 0 Å². The number of aliphatic hydroxyl groups excluding tert-OH is 1. The van der Waals surface area contributed by atoms with Gasteiger partial charge in [-0.3, -0.25) is 4.79 Å².